The molecular formula is C17H17ClN2O4S. The average molecular weight is 381 g/mol. The molecule has 132 valence electrons. The molecule has 0 bridgehead atoms. The van der Waals surface area contributed by atoms with Crippen LogP contribution in [0.15, 0.2) is 35.7 Å². The van der Waals surface area contributed by atoms with Gasteiger partial charge in [0.05, 0.1) is 15.6 Å². The largest absolute Gasteiger partial charge is 0.481 e. The van der Waals surface area contributed by atoms with Crippen molar-refractivity contribution in [3.8, 4) is 0 Å². The molecule has 0 spiro atoms. The molecule has 0 unspecified atom stereocenters. The number of aliphatic carboxylic acids is 1. The number of carboxylic acid groups (broad SMARTS) is 1. The summed E-state index contributed by atoms with van der Waals surface area (Å²) < 4.78 is 0. The highest BCUT2D eigenvalue weighted by Crippen LogP contribution is 2.24. The molecule has 1 atom stereocenters. The van der Waals surface area contributed by atoms with Gasteiger partial charge in [-0.25, -0.2) is 0 Å². The molecule has 25 heavy (non-hydrogen) atoms. The van der Waals surface area contributed by atoms with Crippen molar-refractivity contribution in [2.24, 2.45) is 0 Å². The van der Waals surface area contributed by atoms with Gasteiger partial charge in [-0.15, -0.1) is 11.3 Å². The molecule has 3 N–H and O–H groups in total. The van der Waals surface area contributed by atoms with E-state index in [1.807, 2.05) is 0 Å². The molecule has 2 amide bonds. The van der Waals surface area contributed by atoms with Crippen LogP contribution in [0.25, 0.3) is 0 Å². The number of amides is 2. The van der Waals surface area contributed by atoms with E-state index in [-0.39, 0.29) is 24.3 Å². The molecule has 2 rings (SSSR count). The van der Waals surface area contributed by atoms with Crippen LogP contribution in [0.2, 0.25) is 5.02 Å². The van der Waals surface area contributed by atoms with E-state index < -0.39 is 5.97 Å². The number of rotatable bonds is 7. The molecule has 0 saturated heterocycles. The lowest BCUT2D eigenvalue weighted by molar-refractivity contribution is -0.137. The van der Waals surface area contributed by atoms with Crippen LogP contribution >= 0.6 is 22.9 Å². The van der Waals surface area contributed by atoms with Crippen molar-refractivity contribution in [1.82, 2.24) is 5.32 Å². The van der Waals surface area contributed by atoms with Crippen molar-refractivity contribution in [3.63, 3.8) is 0 Å². The van der Waals surface area contributed by atoms with E-state index in [1.54, 1.807) is 30.5 Å². The van der Waals surface area contributed by atoms with E-state index in [9.17, 15) is 14.4 Å². The van der Waals surface area contributed by atoms with Gasteiger partial charge in [-0.1, -0.05) is 17.7 Å². The maximum Gasteiger partial charge on any atom is 0.303 e. The maximum absolute atomic E-state index is 12.3. The van der Waals surface area contributed by atoms with Crippen molar-refractivity contribution in [2.45, 2.75) is 25.8 Å². The number of nitrogens with one attached hydrogen (secondary N) is 2. The topological polar surface area (TPSA) is 95.5 Å². The number of hydrogen-bond donors (Lipinski definition) is 3. The number of carboxylic acids is 1. The van der Waals surface area contributed by atoms with Crippen molar-refractivity contribution in [3.05, 3.63) is 51.2 Å². The zero-order valence-electron chi connectivity index (χ0n) is 13.4. The molecule has 1 aromatic heterocycles. The summed E-state index contributed by atoms with van der Waals surface area (Å²) in [6.07, 6.45) is 0.306. The lowest BCUT2D eigenvalue weighted by Crippen LogP contribution is -2.33. The van der Waals surface area contributed by atoms with Crippen LogP contribution in [0.5, 0.6) is 0 Å². The van der Waals surface area contributed by atoms with Crippen LogP contribution in [-0.4, -0.2) is 28.9 Å². The standard InChI is InChI=1S/C17H17ClN2O4S/c1-10(4-7-15(21)22)19-16(23)11-5-6-12(18)13(9-11)20-17(24)14-3-2-8-25-14/h2-3,5-6,8-10H,4,7H2,1H3,(H,19,23)(H,20,24)(H,21,22)/t10-/m0/s1. The highest BCUT2D eigenvalue weighted by Gasteiger charge is 2.15. The highest BCUT2D eigenvalue weighted by atomic mass is 35.5. The van der Waals surface area contributed by atoms with Crippen molar-refractivity contribution >= 4 is 46.4 Å². The minimum Gasteiger partial charge on any atom is -0.481 e. The number of hydrogen-bond acceptors (Lipinski definition) is 4. The first-order valence-corrected chi connectivity index (χ1v) is 8.79. The van der Waals surface area contributed by atoms with Crippen molar-refractivity contribution < 1.29 is 19.5 Å². The smallest absolute Gasteiger partial charge is 0.303 e. The molecule has 0 saturated carbocycles. The van der Waals surface area contributed by atoms with Crippen LogP contribution in [-0.2, 0) is 4.79 Å². The Labute approximate surface area is 153 Å². The van der Waals surface area contributed by atoms with Gasteiger partial charge in [0.1, 0.15) is 0 Å². The van der Waals surface area contributed by atoms with E-state index in [0.29, 0.717) is 27.6 Å². The van der Waals surface area contributed by atoms with Gasteiger partial charge in [-0.3, -0.25) is 14.4 Å². The first-order valence-electron chi connectivity index (χ1n) is 7.54. The summed E-state index contributed by atoms with van der Waals surface area (Å²) in [4.78, 5) is 35.5. The van der Waals surface area contributed by atoms with Crippen LogP contribution in [0, 0.1) is 0 Å². The number of halogens is 1. The summed E-state index contributed by atoms with van der Waals surface area (Å²) in [6.45, 7) is 1.73. The molecule has 0 aliphatic carbocycles. The van der Waals surface area contributed by atoms with Crippen molar-refractivity contribution in [2.75, 3.05) is 5.32 Å². The molecular weight excluding hydrogens is 364 g/mol. The fraction of sp³-hybridized carbons (Fsp3) is 0.235. The number of carbonyl (C=O) groups is 3. The Morgan fingerprint density at radius 2 is 2.00 bits per heavy atom. The van der Waals surface area contributed by atoms with Gasteiger partial charge < -0.3 is 15.7 Å². The van der Waals surface area contributed by atoms with Gasteiger partial charge in [0.2, 0.25) is 0 Å². The Morgan fingerprint density at radius 3 is 2.64 bits per heavy atom. The lowest BCUT2D eigenvalue weighted by atomic mass is 10.1. The second kappa shape index (κ2) is 8.64. The Balaban J connectivity index is 2.05. The number of thiophene rings is 1. The summed E-state index contributed by atoms with van der Waals surface area (Å²) >= 11 is 7.39. The molecule has 8 heteroatoms. The number of anilines is 1. The summed E-state index contributed by atoms with van der Waals surface area (Å²) in [6, 6.07) is 7.74. The van der Waals surface area contributed by atoms with Gasteiger partial charge in [-0.2, -0.15) is 0 Å². The SMILES string of the molecule is C[C@@H](CCC(=O)O)NC(=O)c1ccc(Cl)c(NC(=O)c2cccs2)c1. The lowest BCUT2D eigenvalue weighted by Gasteiger charge is -2.14. The predicted octanol–water partition coefficient (Wildman–Crippen LogP) is 3.64. The molecule has 0 aliphatic heterocycles. The summed E-state index contributed by atoms with van der Waals surface area (Å²) in [5.74, 6) is -1.57. The Bertz CT molecular complexity index is 777. The van der Waals surface area contributed by atoms with E-state index in [2.05, 4.69) is 10.6 Å². The third-order valence-corrected chi connectivity index (χ3v) is 4.59. The normalized spacial score (nSPS) is 11.6. The van der Waals surface area contributed by atoms with Crippen molar-refractivity contribution in [1.29, 1.82) is 0 Å². The second-order valence-electron chi connectivity index (χ2n) is 5.43. The molecule has 6 nitrogen and oxygen atoms in total. The van der Waals surface area contributed by atoms with E-state index in [0.717, 1.165) is 0 Å². The molecule has 0 aliphatic rings. The third kappa shape index (κ3) is 5.58. The van der Waals surface area contributed by atoms with E-state index >= 15 is 0 Å². The zero-order chi connectivity index (χ0) is 18.4. The zero-order valence-corrected chi connectivity index (χ0v) is 15.0. The third-order valence-electron chi connectivity index (χ3n) is 3.39. The van der Waals surface area contributed by atoms with Crippen LogP contribution in [0.3, 0.4) is 0 Å². The van der Waals surface area contributed by atoms with E-state index in [4.69, 9.17) is 16.7 Å². The van der Waals surface area contributed by atoms with Gasteiger partial charge in [0, 0.05) is 18.0 Å². The Morgan fingerprint density at radius 1 is 1.24 bits per heavy atom. The summed E-state index contributed by atoms with van der Waals surface area (Å²) in [5, 5.41) is 16.2. The summed E-state index contributed by atoms with van der Waals surface area (Å²) in [7, 11) is 0. The number of carbonyl (C=O) groups excluding carboxylic acids is 2. The first kappa shape index (κ1) is 19.0. The predicted molar refractivity (Wildman–Crippen MR) is 97.5 cm³/mol. The van der Waals surface area contributed by atoms with E-state index in [1.165, 1.54) is 23.5 Å². The fourth-order valence-corrected chi connectivity index (χ4v) is 2.86. The molecule has 2 aromatic rings. The maximum atomic E-state index is 12.3. The Hall–Kier alpha value is -2.38. The minimum absolute atomic E-state index is 0.0236. The quantitative estimate of drug-likeness (QED) is 0.683. The molecule has 1 heterocycles. The molecule has 1 aromatic carbocycles. The van der Waals surface area contributed by atoms with Gasteiger partial charge in [0.25, 0.3) is 11.8 Å². The first-order chi connectivity index (χ1) is 11.9. The van der Waals surface area contributed by atoms with Gasteiger partial charge in [0.15, 0.2) is 0 Å². The average Bonchev–Trinajstić information content (AvgIpc) is 3.09. The highest BCUT2D eigenvalue weighted by molar-refractivity contribution is 7.12. The minimum atomic E-state index is -0.911. The molecule has 0 radical (unpaired) electrons. The van der Waals surface area contributed by atoms with Crippen LogP contribution < -0.4 is 10.6 Å². The molecule has 0 fully saturated rings. The van der Waals surface area contributed by atoms with Crippen LogP contribution in [0.1, 0.15) is 39.8 Å². The summed E-state index contributed by atoms with van der Waals surface area (Å²) in [5.41, 5.74) is 0.666. The van der Waals surface area contributed by atoms with Gasteiger partial charge >= 0.3 is 5.97 Å². The van der Waals surface area contributed by atoms with Gasteiger partial charge in [-0.05, 0) is 43.0 Å². The fourth-order valence-electron chi connectivity index (χ4n) is 2.07. The van der Waals surface area contributed by atoms with Crippen LogP contribution in [0.4, 0.5) is 5.69 Å². The second-order valence-corrected chi connectivity index (χ2v) is 6.79. The Kier molecular flexibility index (Phi) is 6.55. The number of benzene rings is 1. The monoisotopic (exact) mass is 380 g/mol.